The molecule has 138 valence electrons. The number of carbonyl (C=O) groups is 1. The number of benzene rings is 2. The fourth-order valence-electron chi connectivity index (χ4n) is 3.44. The highest BCUT2D eigenvalue weighted by molar-refractivity contribution is 5.94. The number of ketones is 1. The van der Waals surface area contributed by atoms with Crippen molar-refractivity contribution in [2.45, 2.75) is 19.9 Å². The molecule has 0 amide bonds. The summed E-state index contributed by atoms with van der Waals surface area (Å²) in [4.78, 5) is 15.8. The standard InChI is InChI=1S/C21H25FN2O2/c1-15(17-5-4-6-19(13-17)26-3)23-9-11-24(12-10-23)21-8-7-18(16(2)25)14-20(21)22/h4-8,13-15H,9-12H2,1-3H3. The molecule has 0 aliphatic carbocycles. The molecule has 1 aliphatic heterocycles. The summed E-state index contributed by atoms with van der Waals surface area (Å²) in [5, 5.41) is 0. The van der Waals surface area contributed by atoms with E-state index in [2.05, 4.69) is 24.0 Å². The molecule has 3 rings (SSSR count). The van der Waals surface area contributed by atoms with Crippen LogP contribution in [0, 0.1) is 5.82 Å². The van der Waals surface area contributed by atoms with E-state index >= 15 is 0 Å². The molecule has 1 saturated heterocycles. The molecule has 0 aromatic heterocycles. The zero-order chi connectivity index (χ0) is 18.7. The summed E-state index contributed by atoms with van der Waals surface area (Å²) >= 11 is 0. The van der Waals surface area contributed by atoms with Crippen LogP contribution in [0.4, 0.5) is 10.1 Å². The first kappa shape index (κ1) is 18.4. The molecular weight excluding hydrogens is 331 g/mol. The Morgan fingerprint density at radius 1 is 1.12 bits per heavy atom. The first-order valence-corrected chi connectivity index (χ1v) is 8.93. The van der Waals surface area contributed by atoms with Crippen LogP contribution in [0.2, 0.25) is 0 Å². The van der Waals surface area contributed by atoms with Crippen molar-refractivity contribution < 1.29 is 13.9 Å². The van der Waals surface area contributed by atoms with Crippen LogP contribution in [0.1, 0.15) is 35.8 Å². The van der Waals surface area contributed by atoms with Gasteiger partial charge in [0.05, 0.1) is 12.8 Å². The summed E-state index contributed by atoms with van der Waals surface area (Å²) in [6.45, 7) is 6.85. The SMILES string of the molecule is COc1cccc(C(C)N2CCN(c3ccc(C(C)=O)cc3F)CC2)c1. The Kier molecular flexibility index (Phi) is 5.57. The summed E-state index contributed by atoms with van der Waals surface area (Å²) in [6, 6.07) is 13.2. The van der Waals surface area contributed by atoms with E-state index in [1.165, 1.54) is 18.6 Å². The van der Waals surface area contributed by atoms with Crippen molar-refractivity contribution in [2.75, 3.05) is 38.2 Å². The summed E-state index contributed by atoms with van der Waals surface area (Å²) in [7, 11) is 1.68. The van der Waals surface area contributed by atoms with Crippen LogP contribution in [-0.4, -0.2) is 44.0 Å². The number of halogens is 1. The van der Waals surface area contributed by atoms with Gasteiger partial charge in [-0.2, -0.15) is 0 Å². The van der Waals surface area contributed by atoms with E-state index in [-0.39, 0.29) is 17.6 Å². The predicted octanol–water partition coefficient (Wildman–Crippen LogP) is 3.92. The van der Waals surface area contributed by atoms with Crippen LogP contribution < -0.4 is 9.64 Å². The molecule has 1 fully saturated rings. The molecule has 1 heterocycles. The van der Waals surface area contributed by atoms with Gasteiger partial charge < -0.3 is 9.64 Å². The summed E-state index contributed by atoms with van der Waals surface area (Å²) in [5.74, 6) is 0.417. The fraction of sp³-hybridized carbons (Fsp3) is 0.381. The molecule has 26 heavy (non-hydrogen) atoms. The van der Waals surface area contributed by atoms with Crippen molar-refractivity contribution in [3.05, 3.63) is 59.4 Å². The van der Waals surface area contributed by atoms with Crippen LogP contribution in [0.5, 0.6) is 5.75 Å². The van der Waals surface area contributed by atoms with E-state index in [1.54, 1.807) is 19.2 Å². The highest BCUT2D eigenvalue weighted by Crippen LogP contribution is 2.27. The highest BCUT2D eigenvalue weighted by atomic mass is 19.1. The molecule has 0 radical (unpaired) electrons. The Morgan fingerprint density at radius 2 is 1.85 bits per heavy atom. The molecule has 1 aliphatic rings. The van der Waals surface area contributed by atoms with Gasteiger partial charge in [0.15, 0.2) is 5.78 Å². The normalized spacial score (nSPS) is 16.4. The molecule has 0 saturated carbocycles. The number of anilines is 1. The van der Waals surface area contributed by atoms with Crippen LogP contribution >= 0.6 is 0 Å². The molecular formula is C21H25FN2O2. The quantitative estimate of drug-likeness (QED) is 0.760. The number of nitrogens with zero attached hydrogens (tertiary/aromatic N) is 2. The number of rotatable bonds is 5. The highest BCUT2D eigenvalue weighted by Gasteiger charge is 2.24. The number of hydrogen-bond donors (Lipinski definition) is 0. The summed E-state index contributed by atoms with van der Waals surface area (Å²) in [6.07, 6.45) is 0. The van der Waals surface area contributed by atoms with Gasteiger partial charge in [0.2, 0.25) is 0 Å². The minimum atomic E-state index is -0.327. The number of hydrogen-bond acceptors (Lipinski definition) is 4. The zero-order valence-corrected chi connectivity index (χ0v) is 15.5. The largest absolute Gasteiger partial charge is 0.497 e. The lowest BCUT2D eigenvalue weighted by Gasteiger charge is -2.39. The third kappa shape index (κ3) is 3.88. The topological polar surface area (TPSA) is 32.8 Å². The van der Waals surface area contributed by atoms with Crippen molar-refractivity contribution in [3.63, 3.8) is 0 Å². The van der Waals surface area contributed by atoms with E-state index in [4.69, 9.17) is 4.74 Å². The number of piperazine rings is 1. The molecule has 5 heteroatoms. The second kappa shape index (κ2) is 7.87. The Hall–Kier alpha value is -2.40. The van der Waals surface area contributed by atoms with Crippen LogP contribution in [0.25, 0.3) is 0 Å². The Bertz CT molecular complexity index is 785. The van der Waals surface area contributed by atoms with Crippen molar-refractivity contribution in [2.24, 2.45) is 0 Å². The second-order valence-corrected chi connectivity index (χ2v) is 6.70. The van der Waals surface area contributed by atoms with Crippen LogP contribution in [0.3, 0.4) is 0 Å². The molecule has 0 spiro atoms. The van der Waals surface area contributed by atoms with E-state index in [1.807, 2.05) is 17.0 Å². The maximum absolute atomic E-state index is 14.4. The van der Waals surface area contributed by atoms with Crippen molar-refractivity contribution in [1.29, 1.82) is 0 Å². The van der Waals surface area contributed by atoms with Crippen molar-refractivity contribution in [3.8, 4) is 5.75 Å². The fourth-order valence-corrected chi connectivity index (χ4v) is 3.44. The Labute approximate surface area is 154 Å². The lowest BCUT2D eigenvalue weighted by molar-refractivity contribution is 0.101. The monoisotopic (exact) mass is 356 g/mol. The average Bonchev–Trinajstić information content (AvgIpc) is 2.67. The van der Waals surface area contributed by atoms with E-state index in [9.17, 15) is 9.18 Å². The Morgan fingerprint density at radius 3 is 2.46 bits per heavy atom. The first-order chi connectivity index (χ1) is 12.5. The number of methoxy groups -OCH3 is 1. The van der Waals surface area contributed by atoms with Gasteiger partial charge in [-0.05, 0) is 49.7 Å². The van der Waals surface area contributed by atoms with E-state index in [0.29, 0.717) is 11.3 Å². The van der Waals surface area contributed by atoms with Gasteiger partial charge in [-0.1, -0.05) is 12.1 Å². The lowest BCUT2D eigenvalue weighted by Crippen LogP contribution is -2.47. The van der Waals surface area contributed by atoms with E-state index in [0.717, 1.165) is 31.9 Å². The predicted molar refractivity (Wildman–Crippen MR) is 102 cm³/mol. The van der Waals surface area contributed by atoms with Crippen molar-refractivity contribution >= 4 is 11.5 Å². The maximum atomic E-state index is 14.4. The third-order valence-corrected chi connectivity index (χ3v) is 5.13. The van der Waals surface area contributed by atoms with Gasteiger partial charge in [-0.25, -0.2) is 4.39 Å². The molecule has 0 bridgehead atoms. The van der Waals surface area contributed by atoms with Crippen LogP contribution in [0.15, 0.2) is 42.5 Å². The smallest absolute Gasteiger partial charge is 0.159 e. The number of ether oxygens (including phenoxy) is 1. The number of Topliss-reactive ketones (excluding diaryl/α,β-unsaturated/α-hetero) is 1. The molecule has 1 unspecified atom stereocenters. The summed E-state index contributed by atoms with van der Waals surface area (Å²) < 4.78 is 19.7. The zero-order valence-electron chi connectivity index (χ0n) is 15.5. The van der Waals surface area contributed by atoms with Gasteiger partial charge in [-0.3, -0.25) is 9.69 Å². The average molecular weight is 356 g/mol. The van der Waals surface area contributed by atoms with Crippen LogP contribution in [-0.2, 0) is 0 Å². The molecule has 2 aromatic carbocycles. The minimum absolute atomic E-state index is 0.118. The van der Waals surface area contributed by atoms with Gasteiger partial charge in [0, 0.05) is 37.8 Å². The van der Waals surface area contributed by atoms with Gasteiger partial charge in [0.1, 0.15) is 11.6 Å². The minimum Gasteiger partial charge on any atom is -0.497 e. The molecule has 2 aromatic rings. The lowest BCUT2D eigenvalue weighted by atomic mass is 10.1. The van der Waals surface area contributed by atoms with Gasteiger partial charge >= 0.3 is 0 Å². The molecule has 1 atom stereocenters. The summed E-state index contributed by atoms with van der Waals surface area (Å²) in [5.41, 5.74) is 2.20. The first-order valence-electron chi connectivity index (χ1n) is 8.93. The number of carbonyl (C=O) groups excluding carboxylic acids is 1. The van der Waals surface area contributed by atoms with Crippen molar-refractivity contribution in [1.82, 2.24) is 4.90 Å². The van der Waals surface area contributed by atoms with Gasteiger partial charge in [0.25, 0.3) is 0 Å². The molecule has 4 nitrogen and oxygen atoms in total. The van der Waals surface area contributed by atoms with E-state index < -0.39 is 0 Å². The third-order valence-electron chi connectivity index (χ3n) is 5.13. The second-order valence-electron chi connectivity index (χ2n) is 6.70. The molecule has 0 N–H and O–H groups in total. The Balaban J connectivity index is 1.66. The van der Waals surface area contributed by atoms with Gasteiger partial charge in [-0.15, -0.1) is 0 Å². The maximum Gasteiger partial charge on any atom is 0.159 e.